The topological polar surface area (TPSA) is 42.1 Å². The second-order valence-electron chi connectivity index (χ2n) is 13.5. The van der Waals surface area contributed by atoms with E-state index in [1.54, 1.807) is 23.9 Å². The van der Waals surface area contributed by atoms with Crippen molar-refractivity contribution in [3.05, 3.63) is 103 Å². The number of nitrogens with zero attached hydrogens (tertiary/aromatic N) is 6. The van der Waals surface area contributed by atoms with Crippen LogP contribution >= 0.6 is 15.9 Å². The summed E-state index contributed by atoms with van der Waals surface area (Å²) in [6.07, 6.45) is -0.557. The van der Waals surface area contributed by atoms with Crippen molar-refractivity contribution in [3.8, 4) is 11.3 Å². The van der Waals surface area contributed by atoms with Crippen LogP contribution in [0, 0.1) is 41.5 Å². The molecule has 0 amide bonds. The average Bonchev–Trinajstić information content (AvgIpc) is 3.51. The third-order valence-corrected chi connectivity index (χ3v) is 10.6. The lowest BCUT2D eigenvalue weighted by molar-refractivity contribution is -0.137. The van der Waals surface area contributed by atoms with E-state index in [1.807, 2.05) is 11.7 Å². The number of anilines is 4. The number of halogens is 4. The molecule has 0 spiro atoms. The maximum Gasteiger partial charge on any atom is 0.417 e. The maximum atomic E-state index is 13.6. The molecule has 0 saturated carbocycles. The van der Waals surface area contributed by atoms with Crippen molar-refractivity contribution in [3.63, 3.8) is 0 Å². The van der Waals surface area contributed by atoms with Crippen LogP contribution in [-0.4, -0.2) is 32.7 Å². The van der Waals surface area contributed by atoms with E-state index in [1.165, 1.54) is 46.0 Å². The van der Waals surface area contributed by atoms with Gasteiger partial charge in [-0.1, -0.05) is 53.6 Å². The normalized spacial score (nSPS) is 14.4. The van der Waals surface area contributed by atoms with Crippen LogP contribution < -0.4 is 9.80 Å². The van der Waals surface area contributed by atoms with Gasteiger partial charge in [-0.15, -0.1) is 0 Å². The zero-order valence-corrected chi connectivity index (χ0v) is 31.1. The number of hydrogen-bond acceptors (Lipinski definition) is 4. The first-order valence-electron chi connectivity index (χ1n) is 16.8. The van der Waals surface area contributed by atoms with Crippen LogP contribution in [0.2, 0.25) is 0 Å². The molecular formula is C39H44BrF3N6. The summed E-state index contributed by atoms with van der Waals surface area (Å²) in [4.78, 5) is 4.55. The van der Waals surface area contributed by atoms with E-state index in [9.17, 15) is 13.2 Å². The lowest BCUT2D eigenvalue weighted by atomic mass is 9.95. The minimum absolute atomic E-state index is 0.190. The molecule has 0 unspecified atom stereocenters. The van der Waals surface area contributed by atoms with Gasteiger partial charge in [0.15, 0.2) is 11.6 Å². The van der Waals surface area contributed by atoms with Gasteiger partial charge in [0.1, 0.15) is 4.60 Å². The van der Waals surface area contributed by atoms with Crippen molar-refractivity contribution in [2.75, 3.05) is 22.9 Å². The van der Waals surface area contributed by atoms with Crippen molar-refractivity contribution in [1.82, 2.24) is 19.6 Å². The van der Waals surface area contributed by atoms with Gasteiger partial charge in [-0.3, -0.25) is 9.36 Å². The molecule has 7 rings (SSSR count). The highest BCUT2D eigenvalue weighted by Gasteiger charge is 2.36. The molecule has 0 bridgehead atoms. The van der Waals surface area contributed by atoms with E-state index < -0.39 is 11.7 Å². The predicted molar refractivity (Wildman–Crippen MR) is 197 cm³/mol. The van der Waals surface area contributed by atoms with Crippen molar-refractivity contribution in [2.24, 2.45) is 14.1 Å². The first-order chi connectivity index (χ1) is 23.2. The van der Waals surface area contributed by atoms with Crippen molar-refractivity contribution in [2.45, 2.75) is 73.4 Å². The van der Waals surface area contributed by atoms with Gasteiger partial charge >= 0.3 is 6.18 Å². The van der Waals surface area contributed by atoms with Crippen molar-refractivity contribution < 1.29 is 13.2 Å². The van der Waals surface area contributed by atoms with E-state index in [4.69, 9.17) is 5.10 Å². The zero-order valence-electron chi connectivity index (χ0n) is 29.6. The van der Waals surface area contributed by atoms with E-state index in [2.05, 4.69) is 96.6 Å². The second-order valence-corrected chi connectivity index (χ2v) is 14.3. The number of alkyl halides is 3. The highest BCUT2D eigenvalue weighted by Crippen LogP contribution is 2.44. The number of aromatic nitrogens is 4. The van der Waals surface area contributed by atoms with Gasteiger partial charge in [0, 0.05) is 55.2 Å². The van der Waals surface area contributed by atoms with E-state index in [-0.39, 0.29) is 5.56 Å². The molecule has 6 nitrogen and oxygen atoms in total. The van der Waals surface area contributed by atoms with Gasteiger partial charge in [-0.2, -0.15) is 23.4 Å². The molecule has 2 aliphatic rings. The summed E-state index contributed by atoms with van der Waals surface area (Å²) in [5, 5.41) is 9.40. The Bertz CT molecular complexity index is 1990. The Morgan fingerprint density at radius 2 is 1.10 bits per heavy atom. The lowest BCUT2D eigenvalue weighted by Gasteiger charge is -2.31. The standard InChI is InChI=1S/C23H24F3N3.C16H20BrN3/c1-14-12-15(2)20(16(3)13-14)29-11-7-9-18-21(28(4)27-22(18)29)17-8-5-6-10-19(17)23(24,25)26;1-10-8-11(2)14(12(3)9-10)20-7-5-6-13-15(17)19(4)18-16(13)20/h5-6,8,10,12-13H,7,9,11H2,1-4H3;8-9H,5-7H2,1-4H3. The largest absolute Gasteiger partial charge is 0.417 e. The Balaban J connectivity index is 0.000000182. The quantitative estimate of drug-likeness (QED) is 0.185. The smallest absolute Gasteiger partial charge is 0.324 e. The molecule has 0 radical (unpaired) electrons. The van der Waals surface area contributed by atoms with Gasteiger partial charge in [0.2, 0.25) is 0 Å². The molecule has 10 heteroatoms. The molecule has 2 aliphatic heterocycles. The highest BCUT2D eigenvalue weighted by atomic mass is 79.9. The SMILES string of the molecule is Cc1cc(C)c(N2CCCc3c2nn(C)c3-c2ccccc2C(F)(F)F)c(C)c1.Cc1cc(C)c(N2CCCc3c2nn(C)c3Br)c(C)c1. The van der Waals surface area contributed by atoms with E-state index >= 15 is 0 Å². The minimum atomic E-state index is -4.41. The zero-order chi connectivity index (χ0) is 35.4. The summed E-state index contributed by atoms with van der Waals surface area (Å²) in [5.74, 6) is 1.88. The van der Waals surface area contributed by atoms with Crippen LogP contribution in [0.25, 0.3) is 11.3 Å². The summed E-state index contributed by atoms with van der Waals surface area (Å²) in [6.45, 7) is 14.6. The Kier molecular flexibility index (Phi) is 9.48. The molecule has 5 aromatic rings. The third kappa shape index (κ3) is 6.52. The van der Waals surface area contributed by atoms with Gasteiger partial charge in [0.05, 0.1) is 11.3 Å². The first-order valence-corrected chi connectivity index (χ1v) is 17.6. The third-order valence-electron chi connectivity index (χ3n) is 9.60. The summed E-state index contributed by atoms with van der Waals surface area (Å²) in [5.41, 5.74) is 12.2. The van der Waals surface area contributed by atoms with E-state index in [0.29, 0.717) is 12.1 Å². The van der Waals surface area contributed by atoms with Crippen molar-refractivity contribution >= 4 is 38.9 Å². The molecule has 0 saturated heterocycles. The number of hydrogen-bond donors (Lipinski definition) is 0. The van der Waals surface area contributed by atoms with Gasteiger partial charge in [-0.05, 0) is 111 Å². The Morgan fingerprint density at radius 1 is 0.653 bits per heavy atom. The number of aryl methyl sites for hydroxylation is 8. The van der Waals surface area contributed by atoms with Gasteiger partial charge in [-0.25, -0.2) is 0 Å². The second kappa shape index (κ2) is 13.3. The fourth-order valence-corrected chi connectivity index (χ4v) is 8.37. The molecule has 2 aromatic heterocycles. The highest BCUT2D eigenvalue weighted by molar-refractivity contribution is 9.10. The fourth-order valence-electron chi connectivity index (χ4n) is 7.91. The maximum absolute atomic E-state index is 13.6. The predicted octanol–water partition coefficient (Wildman–Crippen LogP) is 10.3. The number of rotatable bonds is 3. The monoisotopic (exact) mass is 732 g/mol. The molecule has 4 heterocycles. The molecule has 0 atom stereocenters. The molecule has 258 valence electrons. The van der Waals surface area contributed by atoms with Crippen LogP contribution in [0.3, 0.4) is 0 Å². The van der Waals surface area contributed by atoms with Crippen LogP contribution in [0.15, 0.2) is 53.1 Å². The first kappa shape index (κ1) is 34.8. The van der Waals surface area contributed by atoms with Gasteiger partial charge in [0.25, 0.3) is 0 Å². The van der Waals surface area contributed by atoms with Crippen LogP contribution in [0.4, 0.5) is 36.2 Å². The van der Waals surface area contributed by atoms with Gasteiger partial charge < -0.3 is 9.80 Å². The Hall–Kier alpha value is -4.05. The molecule has 0 fully saturated rings. The molecular weight excluding hydrogens is 689 g/mol. The lowest BCUT2D eigenvalue weighted by Crippen LogP contribution is -2.26. The molecule has 0 N–H and O–H groups in total. The fraction of sp³-hybridized carbons (Fsp3) is 0.385. The van der Waals surface area contributed by atoms with Crippen LogP contribution in [-0.2, 0) is 33.1 Å². The summed E-state index contributed by atoms with van der Waals surface area (Å²) >= 11 is 3.66. The van der Waals surface area contributed by atoms with Crippen LogP contribution in [0.1, 0.15) is 62.9 Å². The molecule has 3 aromatic carbocycles. The number of benzene rings is 3. The Labute approximate surface area is 295 Å². The minimum Gasteiger partial charge on any atom is -0.324 e. The van der Waals surface area contributed by atoms with Crippen molar-refractivity contribution in [1.29, 1.82) is 0 Å². The molecule has 0 aliphatic carbocycles. The summed E-state index contributed by atoms with van der Waals surface area (Å²) < 4.78 is 45.6. The summed E-state index contributed by atoms with van der Waals surface area (Å²) in [7, 11) is 3.73. The Morgan fingerprint density at radius 3 is 1.61 bits per heavy atom. The summed E-state index contributed by atoms with van der Waals surface area (Å²) in [6, 6.07) is 14.6. The van der Waals surface area contributed by atoms with Crippen LogP contribution in [0.5, 0.6) is 0 Å². The van der Waals surface area contributed by atoms with E-state index in [0.717, 1.165) is 70.6 Å². The number of fused-ring (bicyclic) bond motifs is 2. The molecule has 49 heavy (non-hydrogen) atoms. The average molecular weight is 734 g/mol.